The van der Waals surface area contributed by atoms with Gasteiger partial charge in [-0.25, -0.2) is 8.42 Å². The molecule has 8 heteroatoms. The van der Waals surface area contributed by atoms with E-state index in [4.69, 9.17) is 4.74 Å². The van der Waals surface area contributed by atoms with Crippen LogP contribution in [-0.4, -0.2) is 20.4 Å². The smallest absolute Gasteiger partial charge is 0.265 e. The van der Waals surface area contributed by atoms with Gasteiger partial charge in [0, 0.05) is 4.47 Å². The number of hydrogen-bond donors (Lipinski definition) is 2. The van der Waals surface area contributed by atoms with Crippen molar-refractivity contribution in [2.75, 3.05) is 10.0 Å². The molecule has 24 heavy (non-hydrogen) atoms. The SMILES string of the molecule is Cc1cc(S(=O)(=O)Nc2ccc3c(c2)NC(=O)C(C)O3)ccc1Br. The fourth-order valence-electron chi connectivity index (χ4n) is 2.27. The molecule has 1 atom stereocenters. The van der Waals surface area contributed by atoms with Crippen LogP contribution in [-0.2, 0) is 14.8 Å². The summed E-state index contributed by atoms with van der Waals surface area (Å²) in [7, 11) is -3.73. The van der Waals surface area contributed by atoms with E-state index in [2.05, 4.69) is 26.0 Å². The number of carbonyl (C=O) groups excluding carboxylic acids is 1. The number of benzene rings is 2. The zero-order chi connectivity index (χ0) is 17.5. The highest BCUT2D eigenvalue weighted by Gasteiger charge is 2.24. The molecule has 0 aliphatic carbocycles. The summed E-state index contributed by atoms with van der Waals surface area (Å²) in [6, 6.07) is 9.53. The van der Waals surface area contributed by atoms with Crippen LogP contribution < -0.4 is 14.8 Å². The molecule has 1 amide bonds. The molecule has 2 aromatic rings. The molecule has 0 bridgehead atoms. The Balaban J connectivity index is 1.89. The maximum Gasteiger partial charge on any atom is 0.265 e. The Morgan fingerprint density at radius 1 is 1.21 bits per heavy atom. The maximum atomic E-state index is 12.5. The van der Waals surface area contributed by atoms with Gasteiger partial charge in [-0.05, 0) is 55.8 Å². The number of nitrogens with one attached hydrogen (secondary N) is 2. The lowest BCUT2D eigenvalue weighted by Gasteiger charge is -2.23. The average molecular weight is 411 g/mol. The first-order valence-corrected chi connectivity index (χ1v) is 9.44. The summed E-state index contributed by atoms with van der Waals surface area (Å²) in [6.07, 6.45) is -0.578. The fourth-order valence-corrected chi connectivity index (χ4v) is 3.65. The Kier molecular flexibility index (Phi) is 4.27. The highest BCUT2D eigenvalue weighted by molar-refractivity contribution is 9.10. The van der Waals surface area contributed by atoms with E-state index < -0.39 is 16.1 Å². The van der Waals surface area contributed by atoms with Gasteiger partial charge in [0.1, 0.15) is 5.75 Å². The van der Waals surface area contributed by atoms with Crippen LogP contribution in [0.1, 0.15) is 12.5 Å². The lowest BCUT2D eigenvalue weighted by atomic mass is 10.2. The van der Waals surface area contributed by atoms with Crippen molar-refractivity contribution in [2.45, 2.75) is 24.8 Å². The summed E-state index contributed by atoms with van der Waals surface area (Å²) in [6.45, 7) is 3.46. The van der Waals surface area contributed by atoms with Crippen LogP contribution in [0.5, 0.6) is 5.75 Å². The number of halogens is 1. The Morgan fingerprint density at radius 2 is 1.96 bits per heavy atom. The van der Waals surface area contributed by atoms with E-state index in [0.29, 0.717) is 17.1 Å². The third-order valence-corrected chi connectivity index (χ3v) is 5.87. The highest BCUT2D eigenvalue weighted by Crippen LogP contribution is 2.33. The van der Waals surface area contributed by atoms with Crippen molar-refractivity contribution in [3.05, 3.63) is 46.4 Å². The van der Waals surface area contributed by atoms with Gasteiger partial charge in [-0.1, -0.05) is 15.9 Å². The highest BCUT2D eigenvalue weighted by atomic mass is 79.9. The molecule has 126 valence electrons. The van der Waals surface area contributed by atoms with Gasteiger partial charge in [-0.3, -0.25) is 9.52 Å². The molecule has 1 aliphatic rings. The number of hydrogen-bond acceptors (Lipinski definition) is 4. The van der Waals surface area contributed by atoms with Crippen LogP contribution in [0.4, 0.5) is 11.4 Å². The first kappa shape index (κ1) is 16.8. The third kappa shape index (κ3) is 3.25. The number of aryl methyl sites for hydroxylation is 1. The van der Waals surface area contributed by atoms with E-state index in [0.717, 1.165) is 10.0 Å². The van der Waals surface area contributed by atoms with E-state index in [1.165, 1.54) is 12.1 Å². The predicted molar refractivity (Wildman–Crippen MR) is 94.8 cm³/mol. The number of sulfonamides is 1. The van der Waals surface area contributed by atoms with E-state index >= 15 is 0 Å². The first-order valence-electron chi connectivity index (χ1n) is 7.17. The fraction of sp³-hybridized carbons (Fsp3) is 0.188. The molecule has 0 spiro atoms. The van der Waals surface area contributed by atoms with Crippen molar-refractivity contribution in [1.29, 1.82) is 0 Å². The van der Waals surface area contributed by atoms with Gasteiger partial charge in [0.15, 0.2) is 6.10 Å². The second kappa shape index (κ2) is 6.10. The van der Waals surface area contributed by atoms with Gasteiger partial charge in [0.25, 0.3) is 15.9 Å². The summed E-state index contributed by atoms with van der Waals surface area (Å²) in [5.74, 6) is 0.232. The van der Waals surface area contributed by atoms with Crippen LogP contribution in [0.25, 0.3) is 0 Å². The minimum Gasteiger partial charge on any atom is -0.479 e. The van der Waals surface area contributed by atoms with Gasteiger partial charge < -0.3 is 10.1 Å². The minimum absolute atomic E-state index is 0.162. The van der Waals surface area contributed by atoms with E-state index in [1.54, 1.807) is 31.2 Å². The molecule has 1 heterocycles. The second-order valence-electron chi connectivity index (χ2n) is 5.48. The van der Waals surface area contributed by atoms with E-state index in [9.17, 15) is 13.2 Å². The minimum atomic E-state index is -3.73. The van der Waals surface area contributed by atoms with Crippen LogP contribution in [0, 0.1) is 6.92 Å². The van der Waals surface area contributed by atoms with Crippen LogP contribution in [0.3, 0.4) is 0 Å². The molecule has 2 aromatic carbocycles. The van der Waals surface area contributed by atoms with Crippen molar-refractivity contribution in [1.82, 2.24) is 0 Å². The van der Waals surface area contributed by atoms with Gasteiger partial charge >= 0.3 is 0 Å². The molecule has 6 nitrogen and oxygen atoms in total. The number of carbonyl (C=O) groups is 1. The molecule has 1 unspecified atom stereocenters. The van der Waals surface area contributed by atoms with Crippen molar-refractivity contribution in [2.24, 2.45) is 0 Å². The normalized spacial score (nSPS) is 16.8. The topological polar surface area (TPSA) is 84.5 Å². The number of anilines is 2. The quantitative estimate of drug-likeness (QED) is 0.812. The molecule has 0 fully saturated rings. The van der Waals surface area contributed by atoms with E-state index in [-0.39, 0.29) is 10.8 Å². The molecule has 3 rings (SSSR count). The summed E-state index contributed by atoms with van der Waals surface area (Å²) >= 11 is 3.35. The van der Waals surface area contributed by atoms with Gasteiger partial charge in [-0.2, -0.15) is 0 Å². The summed E-state index contributed by atoms with van der Waals surface area (Å²) in [5, 5.41) is 2.69. The van der Waals surface area contributed by atoms with Crippen LogP contribution in [0.2, 0.25) is 0 Å². The number of amides is 1. The van der Waals surface area contributed by atoms with Crippen molar-refractivity contribution in [3.63, 3.8) is 0 Å². The largest absolute Gasteiger partial charge is 0.479 e. The molecule has 0 radical (unpaired) electrons. The third-order valence-electron chi connectivity index (χ3n) is 3.60. The summed E-state index contributed by atoms with van der Waals surface area (Å²) < 4.78 is 33.8. The van der Waals surface area contributed by atoms with Gasteiger partial charge in [0.2, 0.25) is 0 Å². The monoisotopic (exact) mass is 410 g/mol. The Morgan fingerprint density at radius 3 is 2.67 bits per heavy atom. The lowest BCUT2D eigenvalue weighted by molar-refractivity contribution is -0.122. The van der Waals surface area contributed by atoms with E-state index in [1.807, 2.05) is 6.92 Å². The number of rotatable bonds is 3. The van der Waals surface area contributed by atoms with Crippen LogP contribution in [0.15, 0.2) is 45.8 Å². The van der Waals surface area contributed by atoms with Crippen molar-refractivity contribution >= 4 is 43.2 Å². The molecule has 0 saturated heterocycles. The second-order valence-corrected chi connectivity index (χ2v) is 8.01. The van der Waals surface area contributed by atoms with Crippen molar-refractivity contribution in [3.8, 4) is 5.75 Å². The molecule has 1 aliphatic heterocycles. The standard InChI is InChI=1S/C16H15BrN2O4S/c1-9-7-12(4-5-13(9)17)24(21,22)19-11-3-6-15-14(8-11)18-16(20)10(2)23-15/h3-8,10,19H,1-2H3,(H,18,20). The first-order chi connectivity index (χ1) is 11.3. The zero-order valence-electron chi connectivity index (χ0n) is 13.0. The van der Waals surface area contributed by atoms with Gasteiger partial charge in [0.05, 0.1) is 16.3 Å². The molecule has 0 aromatic heterocycles. The predicted octanol–water partition coefficient (Wildman–Crippen LogP) is 3.28. The molecular weight excluding hydrogens is 396 g/mol. The Hall–Kier alpha value is -2.06. The molecule has 0 saturated carbocycles. The number of fused-ring (bicyclic) bond motifs is 1. The summed E-state index contributed by atoms with van der Waals surface area (Å²) in [4.78, 5) is 11.8. The molecular formula is C16H15BrN2O4S. The van der Waals surface area contributed by atoms with Crippen molar-refractivity contribution < 1.29 is 17.9 Å². The molecule has 2 N–H and O–H groups in total. The zero-order valence-corrected chi connectivity index (χ0v) is 15.4. The average Bonchev–Trinajstić information content (AvgIpc) is 2.51. The number of ether oxygens (including phenoxy) is 1. The summed E-state index contributed by atoms with van der Waals surface area (Å²) in [5.41, 5.74) is 1.59. The maximum absolute atomic E-state index is 12.5. The van der Waals surface area contributed by atoms with Crippen LogP contribution >= 0.6 is 15.9 Å². The van der Waals surface area contributed by atoms with Gasteiger partial charge in [-0.15, -0.1) is 0 Å². The lowest BCUT2D eigenvalue weighted by Crippen LogP contribution is -2.34. The Labute approximate surface area is 148 Å². The Bertz CT molecular complexity index is 928.